The van der Waals surface area contributed by atoms with Crippen molar-refractivity contribution in [3.05, 3.63) is 24.1 Å². The van der Waals surface area contributed by atoms with Gasteiger partial charge in [0.2, 0.25) is 5.89 Å². The molecular weight excluding hydrogens is 250 g/mol. The molecule has 1 aromatic carbocycles. The minimum absolute atomic E-state index is 0.0817. The van der Waals surface area contributed by atoms with Gasteiger partial charge in [0.05, 0.1) is 11.8 Å². The van der Waals surface area contributed by atoms with E-state index in [4.69, 9.17) is 14.9 Å². The van der Waals surface area contributed by atoms with Gasteiger partial charge in [0.1, 0.15) is 5.75 Å². The van der Waals surface area contributed by atoms with E-state index in [1.54, 1.807) is 6.92 Å². The van der Waals surface area contributed by atoms with Gasteiger partial charge < -0.3 is 14.9 Å². The summed E-state index contributed by atoms with van der Waals surface area (Å²) < 4.78 is 10.9. The molecule has 18 heavy (non-hydrogen) atoms. The second-order valence-corrected chi connectivity index (χ2v) is 5.08. The lowest BCUT2D eigenvalue weighted by Gasteiger charge is -2.12. The van der Waals surface area contributed by atoms with Gasteiger partial charge in [-0.25, -0.2) is 0 Å². The fraction of sp³-hybridized carbons (Fsp3) is 0.333. The number of hydrogen-bond acceptors (Lipinski definition) is 6. The molecule has 6 heteroatoms. The summed E-state index contributed by atoms with van der Waals surface area (Å²) in [5.41, 5.74) is 6.47. The Kier molecular flexibility index (Phi) is 3.76. The van der Waals surface area contributed by atoms with Crippen LogP contribution in [0.3, 0.4) is 0 Å². The molecule has 5 nitrogen and oxygen atoms in total. The predicted molar refractivity (Wildman–Crippen MR) is 69.8 cm³/mol. The summed E-state index contributed by atoms with van der Waals surface area (Å²) in [5.74, 6) is 1.22. The third kappa shape index (κ3) is 3.16. The van der Waals surface area contributed by atoms with Gasteiger partial charge in [0, 0.05) is 11.8 Å². The first kappa shape index (κ1) is 12.8. The highest BCUT2D eigenvalue weighted by Crippen LogP contribution is 2.32. The van der Waals surface area contributed by atoms with Crippen molar-refractivity contribution >= 4 is 17.4 Å². The molecule has 1 aromatic heterocycles. The van der Waals surface area contributed by atoms with Crippen molar-refractivity contribution < 1.29 is 9.15 Å². The van der Waals surface area contributed by atoms with Gasteiger partial charge in [-0.1, -0.05) is 0 Å². The highest BCUT2D eigenvalue weighted by molar-refractivity contribution is 7.99. The Morgan fingerprint density at radius 3 is 2.72 bits per heavy atom. The number of rotatable bonds is 4. The number of anilines is 1. The first-order valence-corrected chi connectivity index (χ1v) is 6.40. The van der Waals surface area contributed by atoms with Crippen LogP contribution in [0.5, 0.6) is 5.75 Å². The molecule has 0 fully saturated rings. The van der Waals surface area contributed by atoms with E-state index < -0.39 is 0 Å². The fourth-order valence-electron chi connectivity index (χ4n) is 1.35. The van der Waals surface area contributed by atoms with E-state index in [-0.39, 0.29) is 6.10 Å². The molecular formula is C12H15N3O2S. The highest BCUT2D eigenvalue weighted by Gasteiger charge is 2.09. The Bertz CT molecular complexity index is 540. The van der Waals surface area contributed by atoms with E-state index in [2.05, 4.69) is 10.2 Å². The van der Waals surface area contributed by atoms with Crippen LogP contribution >= 0.6 is 11.8 Å². The van der Waals surface area contributed by atoms with Crippen LogP contribution < -0.4 is 10.5 Å². The van der Waals surface area contributed by atoms with Crippen molar-refractivity contribution in [2.75, 3.05) is 5.73 Å². The first-order chi connectivity index (χ1) is 8.54. The molecule has 2 aromatic rings. The van der Waals surface area contributed by atoms with Crippen molar-refractivity contribution in [1.82, 2.24) is 10.2 Å². The van der Waals surface area contributed by atoms with Gasteiger partial charge in [-0.15, -0.1) is 10.2 Å². The van der Waals surface area contributed by atoms with Crippen molar-refractivity contribution in [3.8, 4) is 5.75 Å². The van der Waals surface area contributed by atoms with E-state index in [0.29, 0.717) is 22.6 Å². The Hall–Kier alpha value is -1.69. The van der Waals surface area contributed by atoms with E-state index in [1.165, 1.54) is 11.8 Å². The van der Waals surface area contributed by atoms with Crippen LogP contribution in [0.25, 0.3) is 0 Å². The summed E-state index contributed by atoms with van der Waals surface area (Å²) in [6, 6.07) is 5.58. The average molecular weight is 265 g/mol. The van der Waals surface area contributed by atoms with Crippen molar-refractivity contribution in [1.29, 1.82) is 0 Å². The lowest BCUT2D eigenvalue weighted by molar-refractivity contribution is 0.243. The first-order valence-electron chi connectivity index (χ1n) is 5.58. The molecule has 0 aliphatic rings. The number of benzene rings is 1. The number of aryl methyl sites for hydroxylation is 1. The van der Waals surface area contributed by atoms with Crippen LogP contribution in [0.4, 0.5) is 5.69 Å². The van der Waals surface area contributed by atoms with E-state index in [1.807, 2.05) is 32.0 Å². The smallest absolute Gasteiger partial charge is 0.281 e. The zero-order chi connectivity index (χ0) is 13.1. The fourth-order valence-corrected chi connectivity index (χ4v) is 2.10. The number of nitrogens with two attached hydrogens (primary N) is 1. The molecule has 96 valence electrons. The third-order valence-electron chi connectivity index (χ3n) is 2.06. The molecule has 2 N–H and O–H groups in total. The molecule has 1 heterocycles. The molecule has 0 bridgehead atoms. The molecule has 2 rings (SSSR count). The molecule has 0 aliphatic heterocycles. The molecule has 0 saturated carbocycles. The van der Waals surface area contributed by atoms with E-state index >= 15 is 0 Å². The van der Waals surface area contributed by atoms with E-state index in [9.17, 15) is 0 Å². The average Bonchev–Trinajstić information content (AvgIpc) is 2.68. The number of hydrogen-bond donors (Lipinski definition) is 1. The molecule has 0 aliphatic carbocycles. The van der Waals surface area contributed by atoms with Gasteiger partial charge in [-0.2, -0.15) is 0 Å². The van der Waals surface area contributed by atoms with Crippen LogP contribution in [-0.2, 0) is 0 Å². The molecule has 0 saturated heterocycles. The zero-order valence-corrected chi connectivity index (χ0v) is 11.3. The third-order valence-corrected chi connectivity index (χ3v) is 2.89. The van der Waals surface area contributed by atoms with Gasteiger partial charge in [0.25, 0.3) is 5.22 Å². The summed E-state index contributed by atoms with van der Waals surface area (Å²) in [7, 11) is 0. The Morgan fingerprint density at radius 2 is 2.11 bits per heavy atom. The molecule has 0 unspecified atom stereocenters. The molecule has 0 spiro atoms. The monoisotopic (exact) mass is 265 g/mol. The number of ether oxygens (including phenoxy) is 1. The van der Waals surface area contributed by atoms with Gasteiger partial charge in [-0.05, 0) is 43.8 Å². The standard InChI is InChI=1S/C12H15N3O2S/c1-7(2)16-11-6-9(4-5-10(11)13)18-12-15-14-8(3)17-12/h4-7H,13H2,1-3H3. The second-order valence-electron chi connectivity index (χ2n) is 4.06. The number of nitrogen functional groups attached to an aromatic ring is 1. The largest absolute Gasteiger partial charge is 0.489 e. The maximum atomic E-state index is 5.85. The zero-order valence-electron chi connectivity index (χ0n) is 10.5. The quantitative estimate of drug-likeness (QED) is 0.857. The SMILES string of the molecule is Cc1nnc(Sc2ccc(N)c(OC(C)C)c2)o1. The van der Waals surface area contributed by atoms with Crippen LogP contribution in [0.2, 0.25) is 0 Å². The maximum absolute atomic E-state index is 5.85. The summed E-state index contributed by atoms with van der Waals surface area (Å²) >= 11 is 1.38. The molecule has 0 radical (unpaired) electrons. The summed E-state index contributed by atoms with van der Waals surface area (Å²) in [5, 5.41) is 8.21. The minimum atomic E-state index is 0.0817. The van der Waals surface area contributed by atoms with Gasteiger partial charge >= 0.3 is 0 Å². The Balaban J connectivity index is 2.18. The van der Waals surface area contributed by atoms with Crippen molar-refractivity contribution in [2.45, 2.75) is 37.0 Å². The molecule has 0 atom stereocenters. The summed E-state index contributed by atoms with van der Waals surface area (Å²) in [6.07, 6.45) is 0.0817. The predicted octanol–water partition coefficient (Wildman–Crippen LogP) is 2.90. The van der Waals surface area contributed by atoms with Gasteiger partial charge in [-0.3, -0.25) is 0 Å². The number of nitrogens with zero attached hydrogens (tertiary/aromatic N) is 2. The number of aromatic nitrogens is 2. The highest BCUT2D eigenvalue weighted by atomic mass is 32.2. The molecule has 0 amide bonds. The minimum Gasteiger partial charge on any atom is -0.489 e. The Morgan fingerprint density at radius 1 is 1.33 bits per heavy atom. The van der Waals surface area contributed by atoms with Crippen molar-refractivity contribution in [2.24, 2.45) is 0 Å². The maximum Gasteiger partial charge on any atom is 0.281 e. The van der Waals surface area contributed by atoms with E-state index in [0.717, 1.165) is 4.90 Å². The van der Waals surface area contributed by atoms with Crippen LogP contribution in [0.1, 0.15) is 19.7 Å². The van der Waals surface area contributed by atoms with Gasteiger partial charge in [0.15, 0.2) is 0 Å². The summed E-state index contributed by atoms with van der Waals surface area (Å²) in [6.45, 7) is 5.68. The lowest BCUT2D eigenvalue weighted by atomic mass is 10.3. The van der Waals surface area contributed by atoms with Crippen molar-refractivity contribution in [3.63, 3.8) is 0 Å². The summed E-state index contributed by atoms with van der Waals surface area (Å²) in [4.78, 5) is 0.948. The second kappa shape index (κ2) is 5.30. The lowest BCUT2D eigenvalue weighted by Crippen LogP contribution is -2.07. The normalized spacial score (nSPS) is 10.9. The van der Waals surface area contributed by atoms with Crippen LogP contribution in [0.15, 0.2) is 32.7 Å². The van der Waals surface area contributed by atoms with Crippen LogP contribution in [-0.4, -0.2) is 16.3 Å². The van der Waals surface area contributed by atoms with Crippen LogP contribution in [0, 0.1) is 6.92 Å². The topological polar surface area (TPSA) is 74.2 Å². The Labute approximate surface area is 110 Å².